The van der Waals surface area contributed by atoms with E-state index >= 15 is 8.78 Å². The van der Waals surface area contributed by atoms with Crippen LogP contribution < -0.4 is 31.4 Å². The van der Waals surface area contributed by atoms with Gasteiger partial charge in [0.1, 0.15) is 6.04 Å². The van der Waals surface area contributed by atoms with Gasteiger partial charge in [-0.3, -0.25) is 38.6 Å². The van der Waals surface area contributed by atoms with Crippen molar-refractivity contribution in [2.24, 2.45) is 12.5 Å². The second-order valence-electron chi connectivity index (χ2n) is 20.5. The van der Waals surface area contributed by atoms with Crippen molar-refractivity contribution < 1.29 is 23.2 Å². The largest absolute Gasteiger partial charge is 0.385 e. The molecule has 0 radical (unpaired) electrons. The number of amides is 3. The van der Waals surface area contributed by atoms with Crippen LogP contribution in [0.25, 0.3) is 16.7 Å². The number of imide groups is 1. The summed E-state index contributed by atoms with van der Waals surface area (Å²) < 4.78 is 37.0. The van der Waals surface area contributed by atoms with E-state index in [-0.39, 0.29) is 41.9 Å². The number of alkyl halides is 2. The molecular formula is C51H62F2N12O4. The van der Waals surface area contributed by atoms with E-state index in [0.29, 0.717) is 62.3 Å². The molecular weight excluding hydrogens is 883 g/mol. The Bertz CT molecular complexity index is 2920. The molecule has 8 heterocycles. The van der Waals surface area contributed by atoms with E-state index in [1.54, 1.807) is 22.3 Å². The van der Waals surface area contributed by atoms with Gasteiger partial charge in [0.25, 0.3) is 11.8 Å². The summed E-state index contributed by atoms with van der Waals surface area (Å²) in [6.07, 6.45) is 10.6. The molecule has 0 bridgehead atoms. The molecule has 5 aromatic rings. The Morgan fingerprint density at radius 3 is 2.45 bits per heavy atom. The van der Waals surface area contributed by atoms with E-state index in [1.165, 1.54) is 15.7 Å². The van der Waals surface area contributed by atoms with Crippen LogP contribution in [-0.2, 0) is 29.5 Å². The van der Waals surface area contributed by atoms with E-state index in [1.807, 2.05) is 36.2 Å². The predicted molar refractivity (Wildman–Crippen MR) is 261 cm³/mol. The fraction of sp³-hybridized carbons (Fsp3) is 0.529. The number of benzene rings is 2. The van der Waals surface area contributed by atoms with Gasteiger partial charge in [-0.25, -0.2) is 23.1 Å². The molecule has 5 fully saturated rings. The molecule has 18 heteroatoms. The molecule has 16 nitrogen and oxygen atoms in total. The molecule has 364 valence electrons. The molecule has 3 aromatic heterocycles. The van der Waals surface area contributed by atoms with Gasteiger partial charge < -0.3 is 20.4 Å². The molecule has 2 unspecified atom stereocenters. The Kier molecular flexibility index (Phi) is 11.6. The molecule has 1 aliphatic carbocycles. The van der Waals surface area contributed by atoms with Gasteiger partial charge in [-0.1, -0.05) is 24.3 Å². The normalized spacial score (nSPS) is 22.9. The number of likely N-dealkylation sites (tertiary alicyclic amines) is 2. The highest BCUT2D eigenvalue weighted by Gasteiger charge is 2.49. The average Bonchev–Trinajstić information content (AvgIpc) is 3.76. The van der Waals surface area contributed by atoms with Crippen molar-refractivity contribution in [3.05, 3.63) is 88.1 Å². The quantitative estimate of drug-likeness (QED) is 0.106. The van der Waals surface area contributed by atoms with Crippen LogP contribution in [-0.4, -0.2) is 129 Å². The molecule has 2 atom stereocenters. The number of halogens is 2. The minimum absolute atomic E-state index is 0.129. The number of carbonyl (C=O) groups excluding carboxylic acids is 3. The molecule has 5 aliphatic heterocycles. The van der Waals surface area contributed by atoms with E-state index in [9.17, 15) is 19.2 Å². The third-order valence-corrected chi connectivity index (χ3v) is 16.2. The van der Waals surface area contributed by atoms with Crippen molar-refractivity contribution >= 4 is 57.3 Å². The number of aryl methyl sites for hydroxylation is 2. The van der Waals surface area contributed by atoms with Crippen LogP contribution in [0.1, 0.15) is 91.9 Å². The molecule has 6 aliphatic rings. The number of aromatic nitrogens is 5. The molecule has 1 spiro atoms. The Labute approximate surface area is 399 Å². The number of carbonyl (C=O) groups is 3. The van der Waals surface area contributed by atoms with E-state index in [0.717, 1.165) is 105 Å². The topological polar surface area (TPSA) is 157 Å². The van der Waals surface area contributed by atoms with Gasteiger partial charge in [0, 0.05) is 76.7 Å². The second-order valence-corrected chi connectivity index (χ2v) is 20.5. The lowest BCUT2D eigenvalue weighted by Gasteiger charge is -2.51. The number of hydrogen-bond acceptors (Lipinski definition) is 11. The van der Waals surface area contributed by atoms with Crippen molar-refractivity contribution in [3.63, 3.8) is 0 Å². The predicted octanol–water partition coefficient (Wildman–Crippen LogP) is 5.57. The highest BCUT2D eigenvalue weighted by molar-refractivity contribution is 6.00. The van der Waals surface area contributed by atoms with Gasteiger partial charge in [0.15, 0.2) is 17.2 Å². The van der Waals surface area contributed by atoms with Crippen LogP contribution in [0, 0.1) is 5.41 Å². The number of piperidine rings is 4. The number of nitrogens with one attached hydrogen (secondary N) is 3. The maximum Gasteiger partial charge on any atom is 0.329 e. The number of nitrogens with zero attached hydrogens (tertiary/aromatic N) is 9. The zero-order valence-electron chi connectivity index (χ0n) is 39.6. The Morgan fingerprint density at radius 2 is 1.71 bits per heavy atom. The van der Waals surface area contributed by atoms with Gasteiger partial charge >= 0.3 is 5.69 Å². The first-order valence-electron chi connectivity index (χ1n) is 24.8. The standard InChI is InChI=1S/C51H62F2N12O4/c1-32(7-8-33-5-4-6-38-36(33)15-22-63(38)44-28-37(54-2)46-55-29-42(65(46)58-44)48(68)56-34-9-10-34)30-60-21-16-43(51(52,53)31-60)62-25-19-50(20-26-62)17-23-61(24-18-50)35-11-12-39-41(27-35)59(3)49(69)64(39)40-13-14-45(66)57-47(40)67/h4-6,11-12,27-29,34,40,43,54H,1,7-10,13-26,30-31H2,2-3H3,(H,56,68)(H,57,66,67). The molecule has 69 heavy (non-hydrogen) atoms. The van der Waals surface area contributed by atoms with Crippen molar-refractivity contribution in [1.29, 1.82) is 0 Å². The molecule has 2 aromatic carbocycles. The highest BCUT2D eigenvalue weighted by atomic mass is 19.3. The Balaban J connectivity index is 0.666. The van der Waals surface area contributed by atoms with Crippen molar-refractivity contribution in [2.75, 3.05) is 74.5 Å². The fourth-order valence-electron chi connectivity index (χ4n) is 12.0. The molecule has 3 amide bonds. The lowest BCUT2D eigenvalue weighted by molar-refractivity contribution is -0.136. The average molecular weight is 945 g/mol. The first kappa shape index (κ1) is 45.3. The summed E-state index contributed by atoms with van der Waals surface area (Å²) in [6.45, 7) is 8.97. The highest BCUT2D eigenvalue weighted by Crippen LogP contribution is 2.45. The third-order valence-electron chi connectivity index (χ3n) is 16.2. The molecule has 4 saturated heterocycles. The van der Waals surface area contributed by atoms with Crippen LogP contribution in [0.2, 0.25) is 0 Å². The summed E-state index contributed by atoms with van der Waals surface area (Å²) in [5.74, 6) is -3.04. The first-order valence-corrected chi connectivity index (χ1v) is 24.8. The minimum atomic E-state index is -2.82. The summed E-state index contributed by atoms with van der Waals surface area (Å²) in [4.78, 5) is 63.8. The smallest absolute Gasteiger partial charge is 0.329 e. The summed E-state index contributed by atoms with van der Waals surface area (Å²) in [5.41, 5.74) is 8.58. The SMILES string of the molecule is C=C(CCc1cccc2c1CCN2c1cc(NC)c2ncc(C(=O)NC3CC3)n2n1)CN1CCC(N2CCC3(CCN(c4ccc5c(c4)n(C)c(=O)n5C4CCC(=O)NC4=O)CC3)CC2)C(F)(F)C1. The number of rotatable bonds is 12. The summed E-state index contributed by atoms with van der Waals surface area (Å²) in [6, 6.07) is 13.0. The van der Waals surface area contributed by atoms with E-state index in [2.05, 4.69) is 60.4 Å². The lowest BCUT2D eigenvalue weighted by atomic mass is 9.70. The minimum Gasteiger partial charge on any atom is -0.385 e. The zero-order chi connectivity index (χ0) is 47.8. The van der Waals surface area contributed by atoms with Gasteiger partial charge in [-0.15, -0.1) is 5.10 Å². The van der Waals surface area contributed by atoms with Gasteiger partial charge in [-0.2, -0.15) is 0 Å². The van der Waals surface area contributed by atoms with Crippen molar-refractivity contribution in [2.45, 2.75) is 101 Å². The third kappa shape index (κ3) is 8.46. The van der Waals surface area contributed by atoms with Crippen molar-refractivity contribution in [1.82, 2.24) is 44.2 Å². The number of fused-ring (bicyclic) bond motifs is 3. The van der Waals surface area contributed by atoms with E-state index < -0.39 is 23.9 Å². The maximum absolute atomic E-state index is 16.1. The summed E-state index contributed by atoms with van der Waals surface area (Å²) in [7, 11) is 3.55. The number of anilines is 4. The van der Waals surface area contributed by atoms with Crippen LogP contribution in [0.5, 0.6) is 0 Å². The summed E-state index contributed by atoms with van der Waals surface area (Å²) in [5, 5.41) is 13.6. The number of imidazole rings is 2. The number of hydrogen-bond donors (Lipinski definition) is 3. The van der Waals surface area contributed by atoms with Crippen LogP contribution in [0.3, 0.4) is 0 Å². The first-order chi connectivity index (χ1) is 33.3. The van der Waals surface area contributed by atoms with E-state index in [4.69, 9.17) is 5.10 Å². The zero-order valence-corrected chi connectivity index (χ0v) is 39.6. The van der Waals surface area contributed by atoms with Crippen LogP contribution in [0.15, 0.2) is 65.6 Å². The molecule has 11 rings (SSSR count). The van der Waals surface area contributed by atoms with Crippen LogP contribution in [0.4, 0.5) is 31.7 Å². The Hall–Kier alpha value is -6.14. The van der Waals surface area contributed by atoms with Gasteiger partial charge in [0.2, 0.25) is 11.8 Å². The van der Waals surface area contributed by atoms with Gasteiger partial charge in [-0.05, 0) is 125 Å². The summed E-state index contributed by atoms with van der Waals surface area (Å²) >= 11 is 0. The fourth-order valence-corrected chi connectivity index (χ4v) is 12.0. The monoisotopic (exact) mass is 944 g/mol. The van der Waals surface area contributed by atoms with Gasteiger partial charge in [0.05, 0.1) is 35.5 Å². The van der Waals surface area contributed by atoms with Crippen LogP contribution >= 0.6 is 0 Å². The Morgan fingerprint density at radius 1 is 0.928 bits per heavy atom. The maximum atomic E-state index is 16.1. The lowest BCUT2D eigenvalue weighted by Crippen LogP contribution is -2.60. The second kappa shape index (κ2) is 17.7. The molecule has 1 saturated carbocycles. The van der Waals surface area contributed by atoms with Crippen molar-refractivity contribution in [3.8, 4) is 0 Å². The molecule has 3 N–H and O–H groups in total.